The maximum Gasteiger partial charge on any atom is 0.412 e. The molecule has 9 heteroatoms. The van der Waals surface area contributed by atoms with Crippen LogP contribution in [-0.4, -0.2) is 33.7 Å². The van der Waals surface area contributed by atoms with E-state index in [2.05, 4.69) is 11.3 Å². The van der Waals surface area contributed by atoms with Gasteiger partial charge in [-0.2, -0.15) is 0 Å². The van der Waals surface area contributed by atoms with Crippen LogP contribution in [0.25, 0.3) is 0 Å². The lowest BCUT2D eigenvalue weighted by Crippen LogP contribution is -2.31. The second kappa shape index (κ2) is 5.48. The molecule has 1 amide bonds. The van der Waals surface area contributed by atoms with Crippen molar-refractivity contribution in [1.82, 2.24) is 9.97 Å². The molecule has 1 heterocycles. The lowest BCUT2D eigenvalue weighted by atomic mass is 10.3. The van der Waals surface area contributed by atoms with E-state index in [9.17, 15) is 19.2 Å². The van der Waals surface area contributed by atoms with Gasteiger partial charge in [0, 0.05) is 0 Å². The zero-order valence-corrected chi connectivity index (χ0v) is 8.98. The van der Waals surface area contributed by atoms with Gasteiger partial charge in [-0.15, -0.1) is 0 Å². The number of carbonyl (C=O) groups is 2. The minimum Gasteiger partial charge on any atom is -0.477 e. The van der Waals surface area contributed by atoms with Crippen molar-refractivity contribution in [3.63, 3.8) is 0 Å². The van der Waals surface area contributed by atoms with Crippen molar-refractivity contribution in [2.24, 2.45) is 0 Å². The summed E-state index contributed by atoms with van der Waals surface area (Å²) in [7, 11) is 0. The summed E-state index contributed by atoms with van der Waals surface area (Å²) in [5, 5.41) is 10.7. The van der Waals surface area contributed by atoms with E-state index in [-0.39, 0.29) is 6.61 Å². The second-order valence-electron chi connectivity index (χ2n) is 2.98. The Morgan fingerprint density at radius 3 is 2.61 bits per heavy atom. The Morgan fingerprint density at radius 2 is 2.06 bits per heavy atom. The number of carboxylic acids is 1. The number of aromatic amines is 2. The molecular formula is C9H9N3O6. The van der Waals surface area contributed by atoms with Crippen molar-refractivity contribution in [1.29, 1.82) is 0 Å². The average Bonchev–Trinajstić information content (AvgIpc) is 2.29. The van der Waals surface area contributed by atoms with Gasteiger partial charge in [-0.05, 0) is 0 Å². The highest BCUT2D eigenvalue weighted by Crippen LogP contribution is 2.04. The van der Waals surface area contributed by atoms with E-state index >= 15 is 0 Å². The van der Waals surface area contributed by atoms with Crippen molar-refractivity contribution >= 4 is 17.7 Å². The van der Waals surface area contributed by atoms with Gasteiger partial charge in [0.15, 0.2) is 5.69 Å². The summed E-state index contributed by atoms with van der Waals surface area (Å²) in [6.45, 7) is 3.18. The summed E-state index contributed by atoms with van der Waals surface area (Å²) in [5.74, 6) is -1.57. The Hall–Kier alpha value is -2.84. The van der Waals surface area contributed by atoms with Gasteiger partial charge < -0.3 is 9.84 Å². The van der Waals surface area contributed by atoms with Crippen molar-refractivity contribution < 1.29 is 19.4 Å². The molecule has 4 N–H and O–H groups in total. The van der Waals surface area contributed by atoms with Gasteiger partial charge in [0.05, 0.1) is 0 Å². The van der Waals surface area contributed by atoms with Gasteiger partial charge in [-0.3, -0.25) is 20.1 Å². The van der Waals surface area contributed by atoms with Gasteiger partial charge in [0.2, 0.25) is 0 Å². The number of amides is 1. The maximum absolute atomic E-state index is 11.3. The third kappa shape index (κ3) is 3.07. The van der Waals surface area contributed by atoms with Crippen LogP contribution < -0.4 is 16.6 Å². The number of carbonyl (C=O) groups excluding carboxylic acids is 1. The van der Waals surface area contributed by atoms with Crippen LogP contribution in [0.1, 0.15) is 10.5 Å². The first-order valence-corrected chi connectivity index (χ1v) is 4.60. The summed E-state index contributed by atoms with van der Waals surface area (Å²) in [5.41, 5.74) is -3.40. The highest BCUT2D eigenvalue weighted by Gasteiger charge is 2.18. The fraction of sp³-hybridized carbons (Fsp3) is 0.111. The SMILES string of the molecule is C=CCOC(=O)Nc1c(C(=O)O)[nH]c(=O)[nH]c1=O. The summed E-state index contributed by atoms with van der Waals surface area (Å²) in [4.78, 5) is 47.8. The minimum absolute atomic E-state index is 0.116. The molecule has 0 spiro atoms. The lowest BCUT2D eigenvalue weighted by Gasteiger charge is -2.06. The highest BCUT2D eigenvalue weighted by atomic mass is 16.5. The summed E-state index contributed by atoms with van der Waals surface area (Å²) >= 11 is 0. The largest absolute Gasteiger partial charge is 0.477 e. The van der Waals surface area contributed by atoms with Crippen molar-refractivity contribution in [3.8, 4) is 0 Å². The molecular weight excluding hydrogens is 246 g/mol. The second-order valence-corrected chi connectivity index (χ2v) is 2.98. The smallest absolute Gasteiger partial charge is 0.412 e. The van der Waals surface area contributed by atoms with Crippen LogP contribution in [0.5, 0.6) is 0 Å². The summed E-state index contributed by atoms with van der Waals surface area (Å²) < 4.78 is 4.51. The zero-order chi connectivity index (χ0) is 13.7. The molecule has 0 aliphatic rings. The van der Waals surface area contributed by atoms with Crippen molar-refractivity contribution in [2.75, 3.05) is 11.9 Å². The molecule has 0 saturated carbocycles. The molecule has 0 atom stereocenters. The average molecular weight is 255 g/mol. The Balaban J connectivity index is 3.11. The third-order valence-corrected chi connectivity index (χ3v) is 1.72. The van der Waals surface area contributed by atoms with Gasteiger partial charge in [0.1, 0.15) is 12.3 Å². The van der Waals surface area contributed by atoms with Gasteiger partial charge in [0.25, 0.3) is 5.56 Å². The van der Waals surface area contributed by atoms with Crippen LogP contribution in [0.4, 0.5) is 10.5 Å². The van der Waals surface area contributed by atoms with Gasteiger partial charge >= 0.3 is 17.8 Å². The molecule has 18 heavy (non-hydrogen) atoms. The molecule has 1 aromatic rings. The number of anilines is 1. The number of aromatic nitrogens is 2. The fourth-order valence-electron chi connectivity index (χ4n) is 1.04. The molecule has 0 unspecified atom stereocenters. The number of hydrogen-bond donors (Lipinski definition) is 4. The predicted octanol–water partition coefficient (Wildman–Crippen LogP) is -0.504. The molecule has 1 rings (SSSR count). The van der Waals surface area contributed by atoms with E-state index < -0.39 is 34.7 Å². The number of H-pyrrole nitrogens is 2. The summed E-state index contributed by atoms with van der Waals surface area (Å²) in [6.07, 6.45) is 0.240. The Bertz CT molecular complexity index is 599. The molecule has 0 fully saturated rings. The number of aromatic carboxylic acids is 1. The maximum atomic E-state index is 11.3. The number of nitrogens with one attached hydrogen (secondary N) is 3. The van der Waals surface area contributed by atoms with Crippen LogP contribution in [0.3, 0.4) is 0 Å². The van der Waals surface area contributed by atoms with E-state index in [1.807, 2.05) is 10.3 Å². The molecule has 1 aromatic heterocycles. The highest BCUT2D eigenvalue weighted by molar-refractivity contribution is 5.96. The monoisotopic (exact) mass is 255 g/mol. The van der Waals surface area contributed by atoms with E-state index in [4.69, 9.17) is 5.11 Å². The topological polar surface area (TPSA) is 141 Å². The normalized spacial score (nSPS) is 9.56. The minimum atomic E-state index is -1.57. The van der Waals surface area contributed by atoms with Crippen LogP contribution in [-0.2, 0) is 4.74 Å². The molecule has 0 bridgehead atoms. The number of rotatable bonds is 4. The molecule has 0 aliphatic heterocycles. The van der Waals surface area contributed by atoms with E-state index in [1.165, 1.54) is 6.08 Å². The van der Waals surface area contributed by atoms with E-state index in [1.54, 1.807) is 4.98 Å². The van der Waals surface area contributed by atoms with E-state index in [0.29, 0.717) is 0 Å². The standard InChI is InChI=1S/C9H9N3O6/c1-2-3-18-9(17)11-4-5(7(14)15)10-8(16)12-6(4)13/h2H,1,3H2,(H,11,17)(H,14,15)(H2,10,12,13,16). The first kappa shape index (κ1) is 13.2. The number of hydrogen-bond acceptors (Lipinski definition) is 5. The molecule has 96 valence electrons. The van der Waals surface area contributed by atoms with Crippen LogP contribution in [0.2, 0.25) is 0 Å². The summed E-state index contributed by atoms with van der Waals surface area (Å²) in [6, 6.07) is 0. The molecule has 0 aromatic carbocycles. The van der Waals surface area contributed by atoms with Crippen molar-refractivity contribution in [3.05, 3.63) is 39.2 Å². The van der Waals surface area contributed by atoms with Crippen molar-refractivity contribution in [2.45, 2.75) is 0 Å². The predicted molar refractivity (Wildman–Crippen MR) is 59.8 cm³/mol. The molecule has 9 nitrogen and oxygen atoms in total. The van der Waals surface area contributed by atoms with Crippen LogP contribution >= 0.6 is 0 Å². The van der Waals surface area contributed by atoms with E-state index in [0.717, 1.165) is 0 Å². The number of carboxylic acid groups (broad SMARTS) is 1. The van der Waals surface area contributed by atoms with Crippen LogP contribution in [0.15, 0.2) is 22.2 Å². The number of ether oxygens (including phenoxy) is 1. The third-order valence-electron chi connectivity index (χ3n) is 1.72. The zero-order valence-electron chi connectivity index (χ0n) is 8.98. The molecule has 0 aliphatic carbocycles. The lowest BCUT2D eigenvalue weighted by molar-refractivity contribution is 0.0691. The first-order valence-electron chi connectivity index (χ1n) is 4.60. The van der Waals surface area contributed by atoms with Gasteiger partial charge in [-0.1, -0.05) is 12.7 Å². The van der Waals surface area contributed by atoms with Crippen LogP contribution in [0, 0.1) is 0 Å². The Morgan fingerprint density at radius 1 is 1.39 bits per heavy atom. The Kier molecular flexibility index (Phi) is 4.02. The molecule has 0 saturated heterocycles. The van der Waals surface area contributed by atoms with Gasteiger partial charge in [-0.25, -0.2) is 14.4 Å². The fourth-order valence-corrected chi connectivity index (χ4v) is 1.04. The quantitative estimate of drug-likeness (QED) is 0.534. The Labute approximate surface area is 99.1 Å². The first-order chi connectivity index (χ1) is 8.45. The molecule has 0 radical (unpaired) electrons.